The number of likely N-dealkylation sites (tertiary alicyclic amines) is 1. The first-order chi connectivity index (χ1) is 11.3. The topological polar surface area (TPSA) is 43.7 Å². The zero-order valence-electron chi connectivity index (χ0n) is 13.4. The van der Waals surface area contributed by atoms with Crippen LogP contribution in [0.1, 0.15) is 30.9 Å². The minimum absolute atomic E-state index is 0.0123. The second-order valence-electron chi connectivity index (χ2n) is 6.28. The summed E-state index contributed by atoms with van der Waals surface area (Å²) in [6.45, 7) is 1.91. The first-order valence-electron chi connectivity index (χ1n) is 8.48. The van der Waals surface area contributed by atoms with Crippen LogP contribution in [-0.2, 0) is 0 Å². The number of hydrogen-bond acceptors (Lipinski definition) is 3. The Hall–Kier alpha value is -1.68. The Kier molecular flexibility index (Phi) is 5.44. The normalized spacial score (nSPS) is 18.5. The van der Waals surface area contributed by atoms with E-state index in [1.807, 2.05) is 42.5 Å². The van der Waals surface area contributed by atoms with E-state index in [0.29, 0.717) is 0 Å². The molecular weight excluding hydrogens is 286 g/mol. The molecule has 122 valence electrons. The van der Waals surface area contributed by atoms with E-state index in [0.717, 1.165) is 37.1 Å². The van der Waals surface area contributed by atoms with E-state index in [1.54, 1.807) is 0 Å². The predicted octanol–water partition coefficient (Wildman–Crippen LogP) is 3.23. The molecule has 0 aromatic heterocycles. The average molecular weight is 311 g/mol. The molecule has 0 spiro atoms. The first-order valence-corrected chi connectivity index (χ1v) is 8.48. The maximum absolute atomic E-state index is 10.7. The quantitative estimate of drug-likeness (QED) is 0.891. The molecule has 2 aromatic rings. The van der Waals surface area contributed by atoms with Crippen LogP contribution in [0.5, 0.6) is 0 Å². The smallest absolute Gasteiger partial charge is 0.0967 e. The lowest BCUT2D eigenvalue weighted by molar-refractivity contribution is 0.00597. The minimum Gasteiger partial charge on any atom is -0.395 e. The Morgan fingerprint density at radius 2 is 1.43 bits per heavy atom. The molecule has 0 unspecified atom stereocenters. The Bertz CT molecular complexity index is 591. The minimum atomic E-state index is -0.650. The standard InChI is InChI=1S/C20H25NO2/c22-15-19(21-13-5-2-6-14-21)20(23)18-11-9-17(10-12-18)16-7-3-1-4-8-16/h1,3-4,7-12,19-20,22-23H,2,5-6,13-15H2/t19-,20+/m1/s1. The largest absolute Gasteiger partial charge is 0.395 e. The molecule has 1 fully saturated rings. The molecule has 0 aliphatic carbocycles. The number of benzene rings is 2. The zero-order chi connectivity index (χ0) is 16.1. The Labute approximate surface area is 138 Å². The second kappa shape index (κ2) is 7.73. The van der Waals surface area contributed by atoms with Crippen LogP contribution in [0.25, 0.3) is 11.1 Å². The average Bonchev–Trinajstić information content (AvgIpc) is 2.64. The van der Waals surface area contributed by atoms with Gasteiger partial charge in [-0.3, -0.25) is 4.90 Å². The highest BCUT2D eigenvalue weighted by Gasteiger charge is 2.27. The molecule has 0 saturated carbocycles. The summed E-state index contributed by atoms with van der Waals surface area (Å²) in [5, 5.41) is 20.4. The van der Waals surface area contributed by atoms with Crippen molar-refractivity contribution in [3.8, 4) is 11.1 Å². The molecule has 2 aromatic carbocycles. The summed E-state index contributed by atoms with van der Waals surface area (Å²) in [6.07, 6.45) is 2.89. The predicted molar refractivity (Wildman–Crippen MR) is 93.1 cm³/mol. The molecule has 0 amide bonds. The molecule has 2 N–H and O–H groups in total. The van der Waals surface area contributed by atoms with E-state index < -0.39 is 6.10 Å². The first kappa shape index (κ1) is 16.2. The van der Waals surface area contributed by atoms with Gasteiger partial charge in [-0.25, -0.2) is 0 Å². The van der Waals surface area contributed by atoms with Gasteiger partial charge in [0.05, 0.1) is 18.8 Å². The van der Waals surface area contributed by atoms with Crippen LogP contribution in [0.15, 0.2) is 54.6 Å². The Morgan fingerprint density at radius 1 is 0.826 bits per heavy atom. The molecule has 1 aliphatic rings. The van der Waals surface area contributed by atoms with Gasteiger partial charge in [-0.2, -0.15) is 0 Å². The highest BCUT2D eigenvalue weighted by molar-refractivity contribution is 5.63. The highest BCUT2D eigenvalue weighted by Crippen LogP contribution is 2.26. The van der Waals surface area contributed by atoms with Gasteiger partial charge in [0.2, 0.25) is 0 Å². The zero-order valence-corrected chi connectivity index (χ0v) is 13.4. The third-order valence-electron chi connectivity index (χ3n) is 4.77. The molecule has 1 saturated heterocycles. The summed E-state index contributed by atoms with van der Waals surface area (Å²) >= 11 is 0. The summed E-state index contributed by atoms with van der Waals surface area (Å²) in [7, 11) is 0. The summed E-state index contributed by atoms with van der Waals surface area (Å²) in [4.78, 5) is 2.22. The lowest BCUT2D eigenvalue weighted by atomic mass is 9.96. The van der Waals surface area contributed by atoms with E-state index in [9.17, 15) is 10.2 Å². The van der Waals surface area contributed by atoms with Crippen molar-refractivity contribution in [3.05, 3.63) is 60.2 Å². The van der Waals surface area contributed by atoms with E-state index in [-0.39, 0.29) is 12.6 Å². The lowest BCUT2D eigenvalue weighted by Crippen LogP contribution is -2.45. The molecule has 0 radical (unpaired) electrons. The maximum Gasteiger partial charge on any atom is 0.0967 e. The van der Waals surface area contributed by atoms with Gasteiger partial charge in [0.1, 0.15) is 0 Å². The third kappa shape index (κ3) is 3.81. The van der Waals surface area contributed by atoms with Crippen LogP contribution in [-0.4, -0.2) is 40.9 Å². The van der Waals surface area contributed by atoms with Gasteiger partial charge in [0, 0.05) is 0 Å². The molecule has 2 atom stereocenters. The molecule has 3 nitrogen and oxygen atoms in total. The van der Waals surface area contributed by atoms with Gasteiger partial charge in [-0.1, -0.05) is 61.0 Å². The van der Waals surface area contributed by atoms with E-state index in [1.165, 1.54) is 12.0 Å². The van der Waals surface area contributed by atoms with Crippen LogP contribution in [0.3, 0.4) is 0 Å². The van der Waals surface area contributed by atoms with Crippen molar-refractivity contribution in [3.63, 3.8) is 0 Å². The third-order valence-corrected chi connectivity index (χ3v) is 4.77. The molecule has 1 heterocycles. The van der Waals surface area contributed by atoms with Crippen molar-refractivity contribution in [1.29, 1.82) is 0 Å². The van der Waals surface area contributed by atoms with Crippen molar-refractivity contribution in [2.45, 2.75) is 31.4 Å². The van der Waals surface area contributed by atoms with Gasteiger partial charge >= 0.3 is 0 Å². The Balaban J connectivity index is 1.74. The van der Waals surface area contributed by atoms with Gasteiger partial charge in [0.15, 0.2) is 0 Å². The number of hydrogen-bond donors (Lipinski definition) is 2. The monoisotopic (exact) mass is 311 g/mol. The van der Waals surface area contributed by atoms with E-state index in [2.05, 4.69) is 17.0 Å². The van der Waals surface area contributed by atoms with Crippen molar-refractivity contribution in [2.75, 3.05) is 19.7 Å². The highest BCUT2D eigenvalue weighted by atomic mass is 16.3. The summed E-state index contributed by atoms with van der Waals surface area (Å²) < 4.78 is 0. The second-order valence-corrected chi connectivity index (χ2v) is 6.28. The molecule has 23 heavy (non-hydrogen) atoms. The fourth-order valence-corrected chi connectivity index (χ4v) is 3.39. The number of aliphatic hydroxyl groups is 2. The lowest BCUT2D eigenvalue weighted by Gasteiger charge is -2.36. The molecule has 1 aliphatic heterocycles. The Morgan fingerprint density at radius 3 is 2.04 bits per heavy atom. The van der Waals surface area contributed by atoms with Crippen molar-refractivity contribution in [1.82, 2.24) is 4.90 Å². The summed E-state index contributed by atoms with van der Waals surface area (Å²) in [6, 6.07) is 18.0. The van der Waals surface area contributed by atoms with Gasteiger partial charge in [0.25, 0.3) is 0 Å². The number of nitrogens with zero attached hydrogens (tertiary/aromatic N) is 1. The van der Waals surface area contributed by atoms with E-state index >= 15 is 0 Å². The SMILES string of the molecule is OC[C@H]([C@@H](O)c1ccc(-c2ccccc2)cc1)N1CCCCC1. The molecular formula is C20H25NO2. The van der Waals surface area contributed by atoms with Crippen LogP contribution >= 0.6 is 0 Å². The fourth-order valence-electron chi connectivity index (χ4n) is 3.39. The number of aliphatic hydroxyl groups excluding tert-OH is 2. The van der Waals surface area contributed by atoms with Crippen molar-refractivity contribution < 1.29 is 10.2 Å². The molecule has 3 rings (SSSR count). The molecule has 3 heteroatoms. The summed E-state index contributed by atoms with van der Waals surface area (Å²) in [5.74, 6) is 0. The molecule has 0 bridgehead atoms. The maximum atomic E-state index is 10.7. The van der Waals surface area contributed by atoms with Crippen molar-refractivity contribution in [2.24, 2.45) is 0 Å². The van der Waals surface area contributed by atoms with Gasteiger partial charge < -0.3 is 10.2 Å². The fraction of sp³-hybridized carbons (Fsp3) is 0.400. The van der Waals surface area contributed by atoms with Crippen LogP contribution in [0, 0.1) is 0 Å². The number of rotatable bonds is 5. The van der Waals surface area contributed by atoms with Crippen molar-refractivity contribution >= 4 is 0 Å². The van der Waals surface area contributed by atoms with Crippen LogP contribution in [0.4, 0.5) is 0 Å². The van der Waals surface area contributed by atoms with Gasteiger partial charge in [-0.15, -0.1) is 0 Å². The van der Waals surface area contributed by atoms with Gasteiger partial charge in [-0.05, 0) is 42.6 Å². The van der Waals surface area contributed by atoms with E-state index in [4.69, 9.17) is 0 Å². The number of piperidine rings is 1. The van der Waals surface area contributed by atoms with Crippen LogP contribution in [0.2, 0.25) is 0 Å². The summed E-state index contributed by atoms with van der Waals surface area (Å²) in [5.41, 5.74) is 3.18. The van der Waals surface area contributed by atoms with Crippen LogP contribution < -0.4 is 0 Å².